The van der Waals surface area contributed by atoms with E-state index in [4.69, 9.17) is 33.7 Å². The molecule has 7 atom stereocenters. The molecule has 7 rings (SSSR count). The van der Waals surface area contributed by atoms with Gasteiger partial charge in [-0.05, 0) is 104 Å². The first kappa shape index (κ1) is 44.1. The van der Waals surface area contributed by atoms with Crippen molar-refractivity contribution < 1.29 is 48.3 Å². The van der Waals surface area contributed by atoms with Crippen molar-refractivity contribution >= 4 is 17.9 Å². The molecule has 0 aromatic heterocycles. The largest absolute Gasteiger partial charge is 0.497 e. The third-order valence-electron chi connectivity index (χ3n) is 12.6. The number of carbonyl (C=O) groups excluding carboxylic acids is 2. The van der Waals surface area contributed by atoms with Crippen LogP contribution in [-0.4, -0.2) is 91.7 Å². The van der Waals surface area contributed by atoms with Gasteiger partial charge in [-0.25, -0.2) is 0 Å². The maximum Gasteiger partial charge on any atom is 0.239 e. The number of aliphatic hydroxyl groups is 2. The molecule has 2 fully saturated rings. The Bertz CT molecular complexity index is 2040. The first-order valence-corrected chi connectivity index (χ1v) is 21.8. The molecule has 0 spiro atoms. The zero-order chi connectivity index (χ0) is 42.8. The number of aldehydes is 1. The molecule has 4 aliphatic rings. The predicted molar refractivity (Wildman–Crippen MR) is 231 cm³/mol. The van der Waals surface area contributed by atoms with Crippen molar-refractivity contribution in [1.29, 1.82) is 0 Å². The second kappa shape index (κ2) is 20.7. The average molecular weight is 837 g/mol. The molecular formula is C49H60N2O10. The zero-order valence-electron chi connectivity index (χ0n) is 35.4. The van der Waals surface area contributed by atoms with Crippen LogP contribution in [0.25, 0.3) is 0 Å². The Morgan fingerprint density at radius 1 is 0.984 bits per heavy atom. The highest BCUT2D eigenvalue weighted by atomic mass is 16.8. The van der Waals surface area contributed by atoms with Gasteiger partial charge in [0.05, 0.1) is 38.4 Å². The van der Waals surface area contributed by atoms with Gasteiger partial charge in [-0.2, -0.15) is 0 Å². The molecule has 0 radical (unpaired) electrons. The van der Waals surface area contributed by atoms with E-state index in [1.807, 2.05) is 48.5 Å². The summed E-state index contributed by atoms with van der Waals surface area (Å²) in [5.41, 5.74) is 3.90. The third kappa shape index (κ3) is 9.88. The van der Waals surface area contributed by atoms with Crippen molar-refractivity contribution in [1.82, 2.24) is 4.90 Å². The number of likely N-dealkylation sites (N-methyl/N-ethyl adjacent to an activating group) is 1. The van der Waals surface area contributed by atoms with E-state index in [0.29, 0.717) is 53.7 Å². The van der Waals surface area contributed by atoms with Gasteiger partial charge in [0.2, 0.25) is 18.0 Å². The third-order valence-corrected chi connectivity index (χ3v) is 12.6. The summed E-state index contributed by atoms with van der Waals surface area (Å²) < 4.78 is 32.2. The van der Waals surface area contributed by atoms with Gasteiger partial charge < -0.3 is 43.6 Å². The summed E-state index contributed by atoms with van der Waals surface area (Å²) >= 11 is 0. The van der Waals surface area contributed by atoms with E-state index in [0.717, 1.165) is 67.9 Å². The number of hydrogen-bond acceptors (Lipinski definition) is 11. The van der Waals surface area contributed by atoms with Gasteiger partial charge in [-0.15, -0.1) is 6.58 Å². The van der Waals surface area contributed by atoms with Crippen molar-refractivity contribution in [3.63, 3.8) is 0 Å². The molecule has 7 unspecified atom stereocenters. The number of nitrogens with zero attached hydrogens (tertiary/aromatic N) is 2. The number of rotatable bonds is 20. The molecule has 1 amide bonds. The van der Waals surface area contributed by atoms with Gasteiger partial charge in [0, 0.05) is 50.1 Å². The van der Waals surface area contributed by atoms with Crippen molar-refractivity contribution in [3.8, 4) is 23.0 Å². The van der Waals surface area contributed by atoms with Crippen molar-refractivity contribution in [2.45, 2.75) is 94.7 Å². The highest BCUT2D eigenvalue weighted by Crippen LogP contribution is 2.62. The molecule has 3 aromatic carbocycles. The van der Waals surface area contributed by atoms with Gasteiger partial charge in [-0.1, -0.05) is 54.4 Å². The highest BCUT2D eigenvalue weighted by Gasteiger charge is 2.65. The number of unbranched alkanes of at least 4 members (excludes halogenated alkanes) is 2. The van der Waals surface area contributed by atoms with E-state index in [-0.39, 0.29) is 56.3 Å². The Morgan fingerprint density at radius 3 is 2.52 bits per heavy atom. The Labute approximate surface area is 359 Å². The summed E-state index contributed by atoms with van der Waals surface area (Å²) in [4.78, 5) is 34.2. The van der Waals surface area contributed by atoms with Crippen LogP contribution in [0.2, 0.25) is 0 Å². The van der Waals surface area contributed by atoms with Crippen LogP contribution in [0.4, 0.5) is 0 Å². The molecule has 3 aromatic rings. The Morgan fingerprint density at radius 2 is 1.77 bits per heavy atom. The van der Waals surface area contributed by atoms with Crippen molar-refractivity contribution in [2.24, 2.45) is 22.9 Å². The second-order valence-corrected chi connectivity index (χ2v) is 16.5. The van der Waals surface area contributed by atoms with Crippen LogP contribution in [0, 0.1) is 17.8 Å². The molecule has 2 heterocycles. The topological polar surface area (TPSA) is 146 Å². The number of benzene rings is 3. The first-order chi connectivity index (χ1) is 29.8. The fourth-order valence-corrected chi connectivity index (χ4v) is 9.75. The van der Waals surface area contributed by atoms with Crippen LogP contribution in [0.5, 0.6) is 23.0 Å². The van der Waals surface area contributed by atoms with E-state index < -0.39 is 24.0 Å². The normalized spacial score (nSPS) is 25.9. The maximum absolute atomic E-state index is 14.6. The predicted octanol–water partition coefficient (Wildman–Crippen LogP) is 8.16. The Kier molecular flexibility index (Phi) is 15.0. The number of aliphatic hydroxyl groups excluding tert-OH is 2. The first-order valence-electron chi connectivity index (χ1n) is 21.8. The van der Waals surface area contributed by atoms with Gasteiger partial charge in [0.15, 0.2) is 0 Å². The smallest absolute Gasteiger partial charge is 0.239 e. The van der Waals surface area contributed by atoms with Crippen molar-refractivity contribution in [3.05, 3.63) is 108 Å². The van der Waals surface area contributed by atoms with Crippen molar-refractivity contribution in [2.75, 3.05) is 40.6 Å². The number of allylic oxidation sites excluding steroid dienone is 1. The molecule has 326 valence electrons. The highest BCUT2D eigenvalue weighted by molar-refractivity contribution is 6.03. The quantitative estimate of drug-likeness (QED) is 0.0495. The lowest BCUT2D eigenvalue weighted by atomic mass is 9.55. The number of ether oxygens (including phenoxy) is 5. The molecule has 12 heteroatoms. The lowest BCUT2D eigenvalue weighted by molar-refractivity contribution is -0.255. The average Bonchev–Trinajstić information content (AvgIpc) is 3.29. The van der Waals surface area contributed by atoms with Gasteiger partial charge >= 0.3 is 0 Å². The number of oxime groups is 1. The van der Waals surface area contributed by atoms with Crippen LogP contribution in [-0.2, 0) is 25.5 Å². The zero-order valence-corrected chi connectivity index (χ0v) is 35.4. The van der Waals surface area contributed by atoms with Gasteiger partial charge in [0.1, 0.15) is 35.3 Å². The maximum atomic E-state index is 14.6. The fraction of sp³-hybridized carbons (Fsp3) is 0.490. The minimum absolute atomic E-state index is 0.0439. The van der Waals surface area contributed by atoms with E-state index in [9.17, 15) is 19.8 Å². The summed E-state index contributed by atoms with van der Waals surface area (Å²) in [5.74, 6) is 0.293. The van der Waals surface area contributed by atoms with Gasteiger partial charge in [-0.3, -0.25) is 9.59 Å². The SMILES string of the molecule is C=CCOC12Oc3ccc(Oc4cccc(C=O)c4)cc3C3C(CCCCO)C(CCCCO)C=C(C(=NOC4CCCCO4)CC1N(C)C(=O)Cc1cccc(OC)c1)C32. The molecule has 1 saturated heterocycles. The number of amides is 1. The molecule has 1 saturated carbocycles. The second-order valence-electron chi connectivity index (χ2n) is 16.5. The molecule has 61 heavy (non-hydrogen) atoms. The minimum Gasteiger partial charge on any atom is -0.497 e. The monoisotopic (exact) mass is 836 g/mol. The summed E-state index contributed by atoms with van der Waals surface area (Å²) in [6.45, 7) is 4.97. The fourth-order valence-electron chi connectivity index (χ4n) is 9.75. The van der Waals surface area contributed by atoms with Gasteiger partial charge in [0.25, 0.3) is 0 Å². The molecule has 2 aliphatic carbocycles. The van der Waals surface area contributed by atoms with Crippen LogP contribution in [0.15, 0.2) is 96.2 Å². The van der Waals surface area contributed by atoms with Crippen LogP contribution < -0.4 is 14.2 Å². The molecular weight excluding hydrogens is 777 g/mol. The van der Waals surface area contributed by atoms with E-state index in [1.54, 1.807) is 43.3 Å². The van der Waals surface area contributed by atoms with Crippen LogP contribution in [0.1, 0.15) is 91.6 Å². The summed E-state index contributed by atoms with van der Waals surface area (Å²) in [6, 6.07) is 19.7. The lowest BCUT2D eigenvalue weighted by Crippen LogP contribution is -2.69. The van der Waals surface area contributed by atoms with E-state index in [2.05, 4.69) is 12.7 Å². The molecule has 12 nitrogen and oxygen atoms in total. The molecule has 2 N–H and O–H groups in total. The number of methoxy groups -OCH3 is 1. The standard InChI is InChI=1S/C49H60N2O10/c1-4-24-58-49-44(51(2)45(55)28-33-13-11-16-36(26-33)56-3)31-42(50-61-46-19-7-10-25-57-46)40-29-35(15-5-8-22-52)39(18-6-9-23-53)47(48(40)49)41-30-38(20-21-43(41)60-49)59-37-17-12-14-34(27-37)32-54/h4,11-14,16-17,20-21,26-27,29-30,32,35,39,44,46-48,52-53H,1,5-10,15,18-19,22-25,28,31H2,2-3H3. The molecule has 0 bridgehead atoms. The Hall–Kier alpha value is -5.01. The summed E-state index contributed by atoms with van der Waals surface area (Å²) in [5, 5.41) is 24.8. The number of fused-ring (bicyclic) bond motifs is 2. The van der Waals surface area contributed by atoms with E-state index in [1.165, 1.54) is 0 Å². The summed E-state index contributed by atoms with van der Waals surface area (Å²) in [7, 11) is 3.41. The van der Waals surface area contributed by atoms with E-state index >= 15 is 0 Å². The van der Waals surface area contributed by atoms with Crippen LogP contribution >= 0.6 is 0 Å². The number of carbonyl (C=O) groups is 2. The summed E-state index contributed by atoms with van der Waals surface area (Å²) in [6.07, 6.45) is 12.0. The molecule has 2 aliphatic heterocycles. The Balaban J connectivity index is 1.40. The minimum atomic E-state index is -1.39. The van der Waals surface area contributed by atoms with Crippen LogP contribution in [0.3, 0.4) is 0 Å². The lowest BCUT2D eigenvalue weighted by Gasteiger charge is -2.59. The number of hydrogen-bond donors (Lipinski definition) is 2.